The molecular formula is C14H18F2O. The van der Waals surface area contributed by atoms with Crippen LogP contribution in [0, 0.1) is 17.6 Å². The average molecular weight is 240 g/mol. The fourth-order valence-corrected chi connectivity index (χ4v) is 2.62. The van der Waals surface area contributed by atoms with Gasteiger partial charge in [-0.25, -0.2) is 8.78 Å². The zero-order valence-electron chi connectivity index (χ0n) is 9.83. The lowest BCUT2D eigenvalue weighted by Gasteiger charge is -2.22. The van der Waals surface area contributed by atoms with Crippen LogP contribution in [0.15, 0.2) is 18.2 Å². The van der Waals surface area contributed by atoms with Gasteiger partial charge in [0.05, 0.1) is 6.10 Å². The lowest BCUT2D eigenvalue weighted by atomic mass is 9.89. The Bertz CT molecular complexity index is 370. The van der Waals surface area contributed by atoms with Gasteiger partial charge in [0, 0.05) is 11.6 Å². The Balaban J connectivity index is 2.14. The third-order valence-electron chi connectivity index (χ3n) is 3.63. The molecule has 1 fully saturated rings. The fourth-order valence-electron chi connectivity index (χ4n) is 2.62. The molecule has 1 atom stereocenters. The van der Waals surface area contributed by atoms with E-state index in [-0.39, 0.29) is 11.5 Å². The highest BCUT2D eigenvalue weighted by Gasteiger charge is 2.24. The summed E-state index contributed by atoms with van der Waals surface area (Å²) in [5, 5.41) is 10.2. The van der Waals surface area contributed by atoms with E-state index in [9.17, 15) is 13.9 Å². The summed E-state index contributed by atoms with van der Waals surface area (Å²) in [6.07, 6.45) is 5.61. The van der Waals surface area contributed by atoms with Gasteiger partial charge in [0.25, 0.3) is 0 Å². The highest BCUT2D eigenvalue weighted by molar-refractivity contribution is 5.21. The van der Waals surface area contributed by atoms with E-state index in [1.165, 1.54) is 25.0 Å². The molecule has 0 heterocycles. The van der Waals surface area contributed by atoms with Gasteiger partial charge < -0.3 is 5.11 Å². The first-order chi connectivity index (χ1) is 8.18. The Kier molecular flexibility index (Phi) is 4.11. The predicted molar refractivity (Wildman–Crippen MR) is 62.5 cm³/mol. The zero-order chi connectivity index (χ0) is 12.3. The van der Waals surface area contributed by atoms with Crippen molar-refractivity contribution in [1.82, 2.24) is 0 Å². The van der Waals surface area contributed by atoms with E-state index in [1.807, 2.05) is 0 Å². The normalized spacial score (nSPS) is 19.9. The van der Waals surface area contributed by atoms with Gasteiger partial charge >= 0.3 is 0 Å². The molecule has 1 N–H and O–H groups in total. The van der Waals surface area contributed by atoms with Crippen LogP contribution in [0.5, 0.6) is 0 Å². The van der Waals surface area contributed by atoms with Crippen molar-refractivity contribution in [2.45, 2.75) is 44.6 Å². The molecule has 0 aliphatic heterocycles. The van der Waals surface area contributed by atoms with Crippen molar-refractivity contribution in [3.63, 3.8) is 0 Å². The molecular weight excluding hydrogens is 222 g/mol. The van der Waals surface area contributed by atoms with Crippen LogP contribution in [-0.4, -0.2) is 5.11 Å². The average Bonchev–Trinajstić information content (AvgIpc) is 2.56. The van der Waals surface area contributed by atoms with E-state index in [4.69, 9.17) is 0 Å². The number of hydrogen-bond donors (Lipinski definition) is 1. The lowest BCUT2D eigenvalue weighted by molar-refractivity contribution is 0.0951. The fraction of sp³-hybridized carbons (Fsp3) is 0.571. The largest absolute Gasteiger partial charge is 0.388 e. The van der Waals surface area contributed by atoms with Crippen LogP contribution >= 0.6 is 0 Å². The maximum Gasteiger partial charge on any atom is 0.131 e. The highest BCUT2D eigenvalue weighted by Crippen LogP contribution is 2.34. The van der Waals surface area contributed by atoms with Crippen molar-refractivity contribution in [1.29, 1.82) is 0 Å². The van der Waals surface area contributed by atoms with E-state index in [0.29, 0.717) is 0 Å². The Hall–Kier alpha value is -0.960. The number of aliphatic hydroxyl groups is 1. The number of hydrogen-bond acceptors (Lipinski definition) is 1. The molecule has 0 aromatic heterocycles. The van der Waals surface area contributed by atoms with Gasteiger partial charge in [0.2, 0.25) is 0 Å². The minimum Gasteiger partial charge on any atom is -0.388 e. The minimum atomic E-state index is -0.798. The monoisotopic (exact) mass is 240 g/mol. The second kappa shape index (κ2) is 5.58. The summed E-state index contributed by atoms with van der Waals surface area (Å²) in [4.78, 5) is 0. The molecule has 2 rings (SSSR count). The van der Waals surface area contributed by atoms with Crippen LogP contribution in [0.3, 0.4) is 0 Å². The topological polar surface area (TPSA) is 20.2 Å². The number of rotatable bonds is 2. The Morgan fingerprint density at radius 3 is 2.29 bits per heavy atom. The van der Waals surface area contributed by atoms with Gasteiger partial charge in [-0.3, -0.25) is 0 Å². The molecule has 1 aliphatic carbocycles. The molecule has 1 aromatic carbocycles. The molecule has 0 spiro atoms. The third-order valence-corrected chi connectivity index (χ3v) is 3.63. The molecule has 3 heteroatoms. The van der Waals surface area contributed by atoms with Crippen molar-refractivity contribution in [2.24, 2.45) is 5.92 Å². The summed E-state index contributed by atoms with van der Waals surface area (Å²) in [7, 11) is 0. The van der Waals surface area contributed by atoms with Crippen LogP contribution < -0.4 is 0 Å². The highest BCUT2D eigenvalue weighted by atomic mass is 19.1. The standard InChI is InChI=1S/C14H18F2O/c15-11-7-8-12(13(16)9-11)14(17)10-5-3-1-2-4-6-10/h7-10,14,17H,1-6H2. The van der Waals surface area contributed by atoms with Gasteiger partial charge in [-0.15, -0.1) is 0 Å². The smallest absolute Gasteiger partial charge is 0.131 e. The van der Waals surface area contributed by atoms with E-state index < -0.39 is 17.7 Å². The van der Waals surface area contributed by atoms with Crippen LogP contribution in [0.2, 0.25) is 0 Å². The maximum atomic E-state index is 13.6. The number of halogens is 2. The second-order valence-electron chi connectivity index (χ2n) is 4.86. The maximum absolute atomic E-state index is 13.6. The van der Waals surface area contributed by atoms with Crippen LogP contribution in [0.4, 0.5) is 8.78 Å². The molecule has 17 heavy (non-hydrogen) atoms. The van der Waals surface area contributed by atoms with Crippen LogP contribution in [0.25, 0.3) is 0 Å². The van der Waals surface area contributed by atoms with E-state index in [2.05, 4.69) is 0 Å². The van der Waals surface area contributed by atoms with Crippen LogP contribution in [0.1, 0.15) is 50.2 Å². The molecule has 1 aliphatic rings. The quantitative estimate of drug-likeness (QED) is 0.775. The van der Waals surface area contributed by atoms with Gasteiger partial charge in [-0.2, -0.15) is 0 Å². The lowest BCUT2D eigenvalue weighted by Crippen LogP contribution is -2.13. The molecule has 1 saturated carbocycles. The number of aliphatic hydroxyl groups excluding tert-OH is 1. The van der Waals surface area contributed by atoms with Crippen molar-refractivity contribution in [3.05, 3.63) is 35.4 Å². The van der Waals surface area contributed by atoms with Gasteiger partial charge in [0.1, 0.15) is 11.6 Å². The predicted octanol–water partition coefficient (Wildman–Crippen LogP) is 3.97. The summed E-state index contributed by atoms with van der Waals surface area (Å²) in [5.74, 6) is -1.13. The van der Waals surface area contributed by atoms with E-state index in [1.54, 1.807) is 0 Å². The summed E-state index contributed by atoms with van der Waals surface area (Å²) >= 11 is 0. The van der Waals surface area contributed by atoms with Crippen molar-refractivity contribution in [2.75, 3.05) is 0 Å². The summed E-state index contributed by atoms with van der Waals surface area (Å²) in [6, 6.07) is 3.41. The van der Waals surface area contributed by atoms with Crippen LogP contribution in [-0.2, 0) is 0 Å². The molecule has 0 radical (unpaired) electrons. The molecule has 1 unspecified atom stereocenters. The van der Waals surface area contributed by atoms with Gasteiger partial charge in [-0.05, 0) is 24.8 Å². The van der Waals surface area contributed by atoms with E-state index in [0.717, 1.165) is 31.7 Å². The molecule has 1 nitrogen and oxygen atoms in total. The first kappa shape index (κ1) is 12.5. The molecule has 1 aromatic rings. The summed E-state index contributed by atoms with van der Waals surface area (Å²) in [6.45, 7) is 0. The minimum absolute atomic E-state index is 0.109. The Morgan fingerprint density at radius 2 is 1.71 bits per heavy atom. The summed E-state index contributed by atoms with van der Waals surface area (Å²) < 4.78 is 26.4. The third kappa shape index (κ3) is 3.03. The number of benzene rings is 1. The summed E-state index contributed by atoms with van der Waals surface area (Å²) in [5.41, 5.74) is 0.235. The molecule has 0 amide bonds. The zero-order valence-corrected chi connectivity index (χ0v) is 9.83. The Labute approximate surface area is 100 Å². The van der Waals surface area contributed by atoms with Gasteiger partial charge in [0.15, 0.2) is 0 Å². The van der Waals surface area contributed by atoms with E-state index >= 15 is 0 Å². The van der Waals surface area contributed by atoms with Gasteiger partial charge in [-0.1, -0.05) is 31.7 Å². The first-order valence-corrected chi connectivity index (χ1v) is 6.31. The Morgan fingerprint density at radius 1 is 1.06 bits per heavy atom. The second-order valence-corrected chi connectivity index (χ2v) is 4.86. The molecule has 0 bridgehead atoms. The molecule has 94 valence electrons. The van der Waals surface area contributed by atoms with Crippen molar-refractivity contribution >= 4 is 0 Å². The first-order valence-electron chi connectivity index (χ1n) is 6.31. The SMILES string of the molecule is OC(c1ccc(F)cc1F)C1CCCCCC1. The van der Waals surface area contributed by atoms with Crippen molar-refractivity contribution < 1.29 is 13.9 Å². The van der Waals surface area contributed by atoms with Crippen molar-refractivity contribution in [3.8, 4) is 0 Å². The molecule has 0 saturated heterocycles.